The molecule has 1 aromatic rings. The summed E-state index contributed by atoms with van der Waals surface area (Å²) in [6, 6.07) is 9.88. The fourth-order valence-corrected chi connectivity index (χ4v) is 1.22. The predicted molar refractivity (Wildman–Crippen MR) is 59.3 cm³/mol. The van der Waals surface area contributed by atoms with Crippen molar-refractivity contribution in [2.75, 3.05) is 6.61 Å². The third kappa shape index (κ3) is 4.48. The molecule has 80 valence electrons. The van der Waals surface area contributed by atoms with Crippen molar-refractivity contribution in [1.82, 2.24) is 0 Å². The van der Waals surface area contributed by atoms with E-state index in [9.17, 15) is 0 Å². The Hall–Kier alpha value is -1.53. The normalized spacial score (nSPS) is 9.60. The molecule has 0 heterocycles. The molecule has 2 N–H and O–H groups in total. The van der Waals surface area contributed by atoms with Crippen LogP contribution >= 0.6 is 0 Å². The second kappa shape index (κ2) is 6.86. The smallest absolute Gasteiger partial charge is 0.119 e. The molecule has 1 aromatic carbocycles. The van der Waals surface area contributed by atoms with Gasteiger partial charge in [0.1, 0.15) is 5.75 Å². The molecule has 0 saturated carbocycles. The van der Waals surface area contributed by atoms with Gasteiger partial charge in [-0.2, -0.15) is 5.26 Å². The minimum Gasteiger partial charge on any atom is -0.494 e. The number of nitrogens with zero attached hydrogens (tertiary/aromatic N) is 1. The molecular formula is C12H16N2O. The molecule has 0 fully saturated rings. The average molecular weight is 204 g/mol. The fraction of sp³-hybridized carbons (Fsp3) is 0.417. The summed E-state index contributed by atoms with van der Waals surface area (Å²) < 4.78 is 5.50. The van der Waals surface area contributed by atoms with Crippen molar-refractivity contribution in [2.24, 2.45) is 5.73 Å². The van der Waals surface area contributed by atoms with Gasteiger partial charge in [-0.3, -0.25) is 0 Å². The van der Waals surface area contributed by atoms with Crippen molar-refractivity contribution in [3.8, 4) is 11.8 Å². The number of hydrogen-bond acceptors (Lipinski definition) is 3. The zero-order valence-electron chi connectivity index (χ0n) is 8.78. The zero-order valence-corrected chi connectivity index (χ0v) is 8.78. The first kappa shape index (κ1) is 11.5. The maximum Gasteiger partial charge on any atom is 0.119 e. The van der Waals surface area contributed by atoms with Crippen molar-refractivity contribution in [2.45, 2.75) is 25.8 Å². The van der Waals surface area contributed by atoms with E-state index in [1.54, 1.807) is 0 Å². The molecule has 0 aliphatic carbocycles. The lowest BCUT2D eigenvalue weighted by Gasteiger charge is -2.05. The van der Waals surface area contributed by atoms with Gasteiger partial charge in [0.2, 0.25) is 0 Å². The van der Waals surface area contributed by atoms with Gasteiger partial charge in [0.25, 0.3) is 0 Å². The Morgan fingerprint density at radius 2 is 1.93 bits per heavy atom. The van der Waals surface area contributed by atoms with Gasteiger partial charge in [0.15, 0.2) is 0 Å². The highest BCUT2D eigenvalue weighted by Gasteiger charge is 1.94. The van der Waals surface area contributed by atoms with Crippen LogP contribution in [0.3, 0.4) is 0 Å². The minimum absolute atomic E-state index is 0.558. The van der Waals surface area contributed by atoms with Gasteiger partial charge in [-0.1, -0.05) is 12.1 Å². The SMILES string of the molecule is N#CCCCCOc1ccc(CN)cc1. The fourth-order valence-electron chi connectivity index (χ4n) is 1.22. The molecule has 3 nitrogen and oxygen atoms in total. The van der Waals surface area contributed by atoms with Gasteiger partial charge >= 0.3 is 0 Å². The highest BCUT2D eigenvalue weighted by atomic mass is 16.5. The number of ether oxygens (including phenoxy) is 1. The summed E-state index contributed by atoms with van der Waals surface area (Å²) in [6.45, 7) is 1.23. The first-order chi connectivity index (χ1) is 7.36. The summed E-state index contributed by atoms with van der Waals surface area (Å²) in [5.74, 6) is 0.865. The molecule has 0 unspecified atom stereocenters. The van der Waals surface area contributed by atoms with Crippen LogP contribution in [-0.4, -0.2) is 6.61 Å². The van der Waals surface area contributed by atoms with E-state index < -0.39 is 0 Å². The third-order valence-corrected chi connectivity index (χ3v) is 2.11. The van der Waals surface area contributed by atoms with Crippen molar-refractivity contribution in [3.05, 3.63) is 29.8 Å². The molecule has 0 amide bonds. The predicted octanol–water partition coefficient (Wildman–Crippen LogP) is 2.22. The van der Waals surface area contributed by atoms with E-state index >= 15 is 0 Å². The van der Waals surface area contributed by atoms with Crippen molar-refractivity contribution < 1.29 is 4.74 Å². The van der Waals surface area contributed by atoms with Crippen LogP contribution in [0.1, 0.15) is 24.8 Å². The third-order valence-electron chi connectivity index (χ3n) is 2.11. The Morgan fingerprint density at radius 1 is 1.20 bits per heavy atom. The quantitative estimate of drug-likeness (QED) is 0.723. The minimum atomic E-state index is 0.558. The van der Waals surface area contributed by atoms with Gasteiger partial charge in [0, 0.05) is 13.0 Å². The van der Waals surface area contributed by atoms with E-state index in [2.05, 4.69) is 6.07 Å². The maximum absolute atomic E-state index is 8.34. The summed E-state index contributed by atoms with van der Waals surface area (Å²) >= 11 is 0. The molecule has 0 aliphatic heterocycles. The van der Waals surface area contributed by atoms with Gasteiger partial charge in [-0.25, -0.2) is 0 Å². The molecule has 15 heavy (non-hydrogen) atoms. The number of hydrogen-bond donors (Lipinski definition) is 1. The van der Waals surface area contributed by atoms with Crippen LogP contribution in [0.2, 0.25) is 0 Å². The summed E-state index contributed by atoms with van der Waals surface area (Å²) in [4.78, 5) is 0. The highest BCUT2D eigenvalue weighted by Crippen LogP contribution is 2.12. The summed E-state index contributed by atoms with van der Waals surface area (Å²) in [5, 5.41) is 8.34. The average Bonchev–Trinajstić information content (AvgIpc) is 2.30. The molecule has 1 rings (SSSR count). The van der Waals surface area contributed by atoms with Crippen molar-refractivity contribution in [3.63, 3.8) is 0 Å². The molecule has 3 heteroatoms. The summed E-state index contributed by atoms with van der Waals surface area (Å²) in [5.41, 5.74) is 6.59. The standard InChI is InChI=1S/C12H16N2O/c13-8-2-1-3-9-15-12-6-4-11(10-14)5-7-12/h4-7H,1-3,9-10,14H2. The van der Waals surface area contributed by atoms with E-state index in [0.717, 1.165) is 24.2 Å². The molecule has 0 bridgehead atoms. The van der Waals surface area contributed by atoms with E-state index in [1.807, 2.05) is 24.3 Å². The molecule has 0 atom stereocenters. The van der Waals surface area contributed by atoms with Gasteiger partial charge in [-0.15, -0.1) is 0 Å². The number of benzene rings is 1. The molecule has 0 saturated heterocycles. The van der Waals surface area contributed by atoms with Crippen LogP contribution in [-0.2, 0) is 6.54 Å². The number of nitriles is 1. The van der Waals surface area contributed by atoms with Crippen molar-refractivity contribution in [1.29, 1.82) is 5.26 Å². The second-order valence-electron chi connectivity index (χ2n) is 3.31. The van der Waals surface area contributed by atoms with E-state index in [4.69, 9.17) is 15.7 Å². The lowest BCUT2D eigenvalue weighted by molar-refractivity contribution is 0.307. The first-order valence-electron chi connectivity index (χ1n) is 5.15. The van der Waals surface area contributed by atoms with Crippen LogP contribution in [0.4, 0.5) is 0 Å². The second-order valence-corrected chi connectivity index (χ2v) is 3.31. The van der Waals surface area contributed by atoms with Gasteiger partial charge in [0.05, 0.1) is 12.7 Å². The molecule has 0 aromatic heterocycles. The van der Waals surface area contributed by atoms with E-state index in [0.29, 0.717) is 19.6 Å². The number of rotatable bonds is 6. The Morgan fingerprint density at radius 3 is 2.53 bits per heavy atom. The topological polar surface area (TPSA) is 59.0 Å². The molecular weight excluding hydrogens is 188 g/mol. The molecule has 0 spiro atoms. The van der Waals surface area contributed by atoms with E-state index in [-0.39, 0.29) is 0 Å². The van der Waals surface area contributed by atoms with Crippen LogP contribution in [0, 0.1) is 11.3 Å². The highest BCUT2D eigenvalue weighted by molar-refractivity contribution is 5.26. The maximum atomic E-state index is 8.34. The lowest BCUT2D eigenvalue weighted by atomic mass is 10.2. The van der Waals surface area contributed by atoms with Gasteiger partial charge in [-0.05, 0) is 30.5 Å². The molecule has 0 radical (unpaired) electrons. The summed E-state index contributed by atoms with van der Waals surface area (Å²) in [7, 11) is 0. The van der Waals surface area contributed by atoms with Crippen LogP contribution < -0.4 is 10.5 Å². The Labute approximate surface area is 90.5 Å². The molecule has 0 aliphatic rings. The Balaban J connectivity index is 2.23. The Kier molecular flexibility index (Phi) is 5.28. The van der Waals surface area contributed by atoms with Crippen LogP contribution in [0.25, 0.3) is 0 Å². The first-order valence-corrected chi connectivity index (χ1v) is 5.15. The number of nitrogens with two attached hydrogens (primary N) is 1. The number of unbranched alkanes of at least 4 members (excludes halogenated alkanes) is 2. The zero-order chi connectivity index (χ0) is 10.9. The van der Waals surface area contributed by atoms with E-state index in [1.165, 1.54) is 0 Å². The van der Waals surface area contributed by atoms with Gasteiger partial charge < -0.3 is 10.5 Å². The lowest BCUT2D eigenvalue weighted by Crippen LogP contribution is -1.98. The monoisotopic (exact) mass is 204 g/mol. The summed E-state index contributed by atoms with van der Waals surface area (Å²) in [6.07, 6.45) is 2.43. The van der Waals surface area contributed by atoms with Crippen LogP contribution in [0.15, 0.2) is 24.3 Å². The van der Waals surface area contributed by atoms with Crippen LogP contribution in [0.5, 0.6) is 5.75 Å². The van der Waals surface area contributed by atoms with Crippen molar-refractivity contribution >= 4 is 0 Å². The largest absolute Gasteiger partial charge is 0.494 e. The Bertz CT molecular complexity index is 313.